The molecule has 23 heavy (non-hydrogen) atoms. The highest BCUT2D eigenvalue weighted by molar-refractivity contribution is 7.86. The topological polar surface area (TPSA) is 183 Å². The molecule has 2 rings (SSSR count). The maximum atomic E-state index is 11.2. The largest absolute Gasteiger partial charge is 0.394 e. The van der Waals surface area contributed by atoms with Gasteiger partial charge >= 0.3 is 10.4 Å². The summed E-state index contributed by atoms with van der Waals surface area (Å²) in [6, 6.07) is 7.53. The van der Waals surface area contributed by atoms with Gasteiger partial charge in [0.2, 0.25) is 0 Å². The fraction of sp³-hybridized carbons (Fsp3) is 0. The standard InChI is InChI=1S/C10H8O6S2.H2O4S/c11-17(12,13)9-5-1-3-7-8(9)4-2-6-10(7)18(14,15)16;1-5(2,3)4/h1-6H,(H,11,12,13)(H,14,15,16);(H2,1,2,3,4). The smallest absolute Gasteiger partial charge is 0.282 e. The van der Waals surface area contributed by atoms with Crippen LogP contribution in [-0.4, -0.2) is 43.5 Å². The molecule has 0 aliphatic rings. The second-order valence-corrected chi connectivity index (χ2v) is 7.68. The Morgan fingerprint density at radius 2 is 0.826 bits per heavy atom. The monoisotopic (exact) mass is 386 g/mol. The van der Waals surface area contributed by atoms with E-state index >= 15 is 0 Å². The van der Waals surface area contributed by atoms with E-state index in [9.17, 15) is 16.8 Å². The van der Waals surface area contributed by atoms with Crippen molar-refractivity contribution in [1.82, 2.24) is 0 Å². The first-order valence-electron chi connectivity index (χ1n) is 5.38. The van der Waals surface area contributed by atoms with Gasteiger partial charge in [0.05, 0.1) is 0 Å². The Balaban J connectivity index is 0.000000463. The normalized spacial score (nSPS) is 12.5. The van der Waals surface area contributed by atoms with E-state index in [1.807, 2.05) is 0 Å². The van der Waals surface area contributed by atoms with Gasteiger partial charge in [0, 0.05) is 10.8 Å². The van der Waals surface area contributed by atoms with Crippen LogP contribution < -0.4 is 0 Å². The van der Waals surface area contributed by atoms with Gasteiger partial charge in [0.15, 0.2) is 0 Å². The first-order valence-corrected chi connectivity index (χ1v) is 9.65. The zero-order valence-electron chi connectivity index (χ0n) is 10.9. The first-order chi connectivity index (χ1) is 10.2. The summed E-state index contributed by atoms with van der Waals surface area (Å²) in [5.41, 5.74) is 0. The third-order valence-corrected chi connectivity index (χ3v) is 4.22. The number of hydrogen-bond donors (Lipinski definition) is 4. The molecule has 2 aromatic rings. The number of fused-ring (bicyclic) bond motifs is 1. The van der Waals surface area contributed by atoms with Gasteiger partial charge in [-0.1, -0.05) is 24.3 Å². The van der Waals surface area contributed by atoms with E-state index in [4.69, 9.17) is 26.6 Å². The van der Waals surface area contributed by atoms with Crippen LogP contribution in [0.15, 0.2) is 46.2 Å². The van der Waals surface area contributed by atoms with Crippen LogP contribution in [0.1, 0.15) is 0 Å². The third-order valence-electron chi connectivity index (χ3n) is 2.40. The highest BCUT2D eigenvalue weighted by Crippen LogP contribution is 2.27. The van der Waals surface area contributed by atoms with Gasteiger partial charge < -0.3 is 0 Å². The molecule has 128 valence electrons. The van der Waals surface area contributed by atoms with Crippen molar-refractivity contribution in [1.29, 1.82) is 0 Å². The molecule has 13 heteroatoms. The molecule has 0 atom stereocenters. The Bertz CT molecular complexity index is 956. The van der Waals surface area contributed by atoms with E-state index in [2.05, 4.69) is 0 Å². The average Bonchev–Trinajstić information content (AvgIpc) is 2.33. The maximum Gasteiger partial charge on any atom is 0.394 e. The SMILES string of the molecule is O=S(=O)(O)O.O=S(=O)(O)c1cccc2c(S(=O)(=O)O)cccc12. The molecule has 4 N–H and O–H groups in total. The highest BCUT2D eigenvalue weighted by atomic mass is 32.3. The van der Waals surface area contributed by atoms with E-state index in [1.165, 1.54) is 24.3 Å². The summed E-state index contributed by atoms with van der Waals surface area (Å²) in [4.78, 5) is -0.823. The van der Waals surface area contributed by atoms with Crippen LogP contribution in [0.2, 0.25) is 0 Å². The van der Waals surface area contributed by atoms with Crippen molar-refractivity contribution in [3.63, 3.8) is 0 Å². The van der Waals surface area contributed by atoms with Crippen LogP contribution in [0.25, 0.3) is 10.8 Å². The highest BCUT2D eigenvalue weighted by Gasteiger charge is 2.18. The van der Waals surface area contributed by atoms with Gasteiger partial charge in [0.1, 0.15) is 9.79 Å². The van der Waals surface area contributed by atoms with Crippen LogP contribution in [0.4, 0.5) is 0 Å². The molecule has 0 unspecified atom stereocenters. The molecule has 10 nitrogen and oxygen atoms in total. The molecule has 0 aliphatic carbocycles. The summed E-state index contributed by atoms with van der Waals surface area (Å²) in [6.07, 6.45) is 0. The summed E-state index contributed by atoms with van der Waals surface area (Å²) >= 11 is 0. The number of rotatable bonds is 2. The van der Waals surface area contributed by atoms with E-state index in [0.29, 0.717) is 0 Å². The van der Waals surface area contributed by atoms with Crippen molar-refractivity contribution in [2.45, 2.75) is 9.79 Å². The molecule has 0 spiro atoms. The Hall–Kier alpha value is -1.61. The van der Waals surface area contributed by atoms with Gasteiger partial charge in [-0.15, -0.1) is 0 Å². The molecule has 0 aliphatic heterocycles. The van der Waals surface area contributed by atoms with Crippen LogP contribution in [0, 0.1) is 0 Å². The fourth-order valence-corrected chi connectivity index (χ4v) is 3.12. The zero-order valence-corrected chi connectivity index (χ0v) is 13.4. The Morgan fingerprint density at radius 1 is 0.565 bits per heavy atom. The van der Waals surface area contributed by atoms with Crippen molar-refractivity contribution < 1.29 is 43.5 Å². The number of hydrogen-bond acceptors (Lipinski definition) is 6. The van der Waals surface area contributed by atoms with Crippen molar-refractivity contribution in [2.75, 3.05) is 0 Å². The van der Waals surface area contributed by atoms with Crippen molar-refractivity contribution in [2.24, 2.45) is 0 Å². The van der Waals surface area contributed by atoms with Crippen molar-refractivity contribution in [3.8, 4) is 0 Å². The van der Waals surface area contributed by atoms with Crippen LogP contribution in [0.5, 0.6) is 0 Å². The summed E-state index contributed by atoms with van der Waals surface area (Å²) < 4.78 is 94.3. The summed E-state index contributed by atoms with van der Waals surface area (Å²) in [5, 5.41) is 0.0465. The van der Waals surface area contributed by atoms with E-state index in [1.54, 1.807) is 0 Å². The summed E-state index contributed by atoms with van der Waals surface area (Å²) in [7, 11) is -13.6. The molecule has 0 radical (unpaired) electrons. The van der Waals surface area contributed by atoms with E-state index in [0.717, 1.165) is 12.1 Å². The molecular weight excluding hydrogens is 376 g/mol. The van der Waals surface area contributed by atoms with Crippen LogP contribution >= 0.6 is 0 Å². The lowest BCUT2D eigenvalue weighted by molar-refractivity contribution is 0.380. The lowest BCUT2D eigenvalue weighted by Gasteiger charge is -2.06. The molecule has 0 heterocycles. The Morgan fingerprint density at radius 3 is 1.04 bits per heavy atom. The molecule has 0 bridgehead atoms. The predicted octanol–water partition coefficient (Wildman–Crippen LogP) is 0.680. The second kappa shape index (κ2) is 6.48. The minimum atomic E-state index is -4.67. The van der Waals surface area contributed by atoms with Crippen LogP contribution in [0.3, 0.4) is 0 Å². The molecule has 0 saturated carbocycles. The lowest BCUT2D eigenvalue weighted by Crippen LogP contribution is -2.02. The molecular formula is C10H10O10S3. The average molecular weight is 386 g/mol. The Kier molecular flexibility index (Phi) is 5.48. The van der Waals surface area contributed by atoms with Gasteiger partial charge in [-0.05, 0) is 12.1 Å². The third kappa shape index (κ3) is 5.83. The fourth-order valence-electron chi connectivity index (χ4n) is 1.70. The zero-order chi connectivity index (χ0) is 18.1. The predicted molar refractivity (Wildman–Crippen MR) is 77.8 cm³/mol. The maximum absolute atomic E-state index is 11.2. The quantitative estimate of drug-likeness (QED) is 0.535. The molecule has 0 saturated heterocycles. The van der Waals surface area contributed by atoms with Crippen molar-refractivity contribution in [3.05, 3.63) is 36.4 Å². The molecule has 0 fully saturated rings. The minimum Gasteiger partial charge on any atom is -0.282 e. The van der Waals surface area contributed by atoms with Gasteiger partial charge in [-0.2, -0.15) is 25.3 Å². The minimum absolute atomic E-state index is 0.0233. The molecule has 2 aromatic carbocycles. The summed E-state index contributed by atoms with van der Waals surface area (Å²) in [5.74, 6) is 0. The van der Waals surface area contributed by atoms with E-state index < -0.39 is 40.4 Å². The van der Waals surface area contributed by atoms with Gasteiger partial charge in [-0.3, -0.25) is 18.2 Å². The van der Waals surface area contributed by atoms with Crippen LogP contribution in [-0.2, 0) is 30.6 Å². The van der Waals surface area contributed by atoms with Gasteiger partial charge in [-0.25, -0.2) is 0 Å². The summed E-state index contributed by atoms with van der Waals surface area (Å²) in [6.45, 7) is 0. The van der Waals surface area contributed by atoms with Crippen molar-refractivity contribution >= 4 is 41.4 Å². The Labute approximate surface area is 131 Å². The van der Waals surface area contributed by atoms with E-state index in [-0.39, 0.29) is 10.8 Å². The lowest BCUT2D eigenvalue weighted by atomic mass is 10.1. The molecule has 0 aromatic heterocycles. The first kappa shape index (κ1) is 19.4. The van der Waals surface area contributed by atoms with Gasteiger partial charge in [0.25, 0.3) is 20.2 Å². The molecule has 0 amide bonds. The second-order valence-electron chi connectivity index (χ2n) is 4.01. The number of benzene rings is 2.